The van der Waals surface area contributed by atoms with E-state index in [1.54, 1.807) is 21.3 Å². The van der Waals surface area contributed by atoms with Gasteiger partial charge in [-0.3, -0.25) is 4.90 Å². The van der Waals surface area contributed by atoms with Gasteiger partial charge in [-0.15, -0.1) is 0 Å². The normalized spacial score (nSPS) is 14.8. The van der Waals surface area contributed by atoms with E-state index >= 15 is 0 Å². The topological polar surface area (TPSA) is 49.4 Å². The lowest BCUT2D eigenvalue weighted by atomic mass is 9.87. The van der Waals surface area contributed by atoms with Crippen LogP contribution < -0.4 is 23.7 Å². The number of likely N-dealkylation sites (N-methyl/N-ethyl adjacent to an activating group) is 1. The van der Waals surface area contributed by atoms with E-state index in [-0.39, 0.29) is 6.04 Å². The SMILES string of the molecule is COc1ccc(CC2c3c(cc(OC)c(OCc4ccccc4)c3OC)CCN2C)cc1OCc1ccccc1. The van der Waals surface area contributed by atoms with Crippen molar-refractivity contribution >= 4 is 0 Å². The molecule has 0 amide bonds. The van der Waals surface area contributed by atoms with Gasteiger partial charge in [-0.1, -0.05) is 66.7 Å². The molecule has 40 heavy (non-hydrogen) atoms. The standard InChI is InChI=1S/C34H37NO5/c1-35-18-17-27-21-31(37-3)33(40-23-25-13-9-6-10-14-25)34(38-4)32(27)28(35)19-26-15-16-29(36-2)30(20-26)39-22-24-11-7-5-8-12-24/h5-16,20-21,28H,17-19,22-23H2,1-4H3. The predicted octanol–water partition coefficient (Wildman–Crippen LogP) is 6.64. The Morgan fingerprint density at radius 1 is 0.650 bits per heavy atom. The lowest BCUT2D eigenvalue weighted by molar-refractivity contribution is 0.214. The largest absolute Gasteiger partial charge is 0.493 e. The minimum atomic E-state index is 0.0825. The van der Waals surface area contributed by atoms with Gasteiger partial charge in [0.25, 0.3) is 0 Å². The fourth-order valence-electron chi connectivity index (χ4n) is 5.32. The maximum atomic E-state index is 6.35. The number of ether oxygens (including phenoxy) is 5. The van der Waals surface area contributed by atoms with Crippen LogP contribution in [0.3, 0.4) is 0 Å². The Kier molecular flexibility index (Phi) is 8.77. The van der Waals surface area contributed by atoms with Crippen molar-refractivity contribution in [1.82, 2.24) is 4.90 Å². The Balaban J connectivity index is 1.46. The molecule has 0 saturated carbocycles. The van der Waals surface area contributed by atoms with Crippen LogP contribution >= 0.6 is 0 Å². The van der Waals surface area contributed by atoms with Crippen LogP contribution in [0, 0.1) is 0 Å². The highest BCUT2D eigenvalue weighted by molar-refractivity contribution is 5.61. The number of methoxy groups -OCH3 is 3. The first kappa shape index (κ1) is 27.4. The second-order valence-corrected chi connectivity index (χ2v) is 10.00. The molecule has 6 heteroatoms. The van der Waals surface area contributed by atoms with Crippen LogP contribution in [0.25, 0.3) is 0 Å². The van der Waals surface area contributed by atoms with Crippen LogP contribution in [0.4, 0.5) is 0 Å². The van der Waals surface area contributed by atoms with Crippen molar-refractivity contribution in [3.63, 3.8) is 0 Å². The summed E-state index contributed by atoms with van der Waals surface area (Å²) in [5.74, 6) is 3.51. The van der Waals surface area contributed by atoms with Crippen LogP contribution in [-0.2, 0) is 26.1 Å². The molecule has 1 aliphatic heterocycles. The minimum absolute atomic E-state index is 0.0825. The van der Waals surface area contributed by atoms with Gasteiger partial charge >= 0.3 is 0 Å². The van der Waals surface area contributed by atoms with Gasteiger partial charge in [-0.25, -0.2) is 0 Å². The zero-order valence-electron chi connectivity index (χ0n) is 23.7. The molecule has 1 unspecified atom stereocenters. The molecule has 0 spiro atoms. The molecule has 1 heterocycles. The first-order valence-corrected chi connectivity index (χ1v) is 13.6. The lowest BCUT2D eigenvalue weighted by Gasteiger charge is -2.36. The Morgan fingerprint density at radius 3 is 1.93 bits per heavy atom. The number of fused-ring (bicyclic) bond motifs is 1. The Bertz CT molecular complexity index is 1410. The molecule has 5 rings (SSSR count). The van der Waals surface area contributed by atoms with E-state index in [0.717, 1.165) is 58.9 Å². The van der Waals surface area contributed by atoms with Crippen molar-refractivity contribution in [1.29, 1.82) is 0 Å². The number of benzene rings is 4. The molecule has 4 aromatic carbocycles. The van der Waals surface area contributed by atoms with E-state index in [4.69, 9.17) is 23.7 Å². The fraction of sp³-hybridized carbons (Fsp3) is 0.294. The van der Waals surface area contributed by atoms with Gasteiger partial charge in [0.2, 0.25) is 5.75 Å². The van der Waals surface area contributed by atoms with E-state index < -0.39 is 0 Å². The smallest absolute Gasteiger partial charge is 0.204 e. The molecule has 4 aromatic rings. The molecule has 0 bridgehead atoms. The van der Waals surface area contributed by atoms with Gasteiger partial charge in [0.05, 0.1) is 21.3 Å². The Labute approximate surface area is 237 Å². The van der Waals surface area contributed by atoms with Crippen LogP contribution in [0.5, 0.6) is 28.7 Å². The van der Waals surface area contributed by atoms with E-state index in [0.29, 0.717) is 24.7 Å². The van der Waals surface area contributed by atoms with E-state index in [2.05, 4.69) is 54.4 Å². The predicted molar refractivity (Wildman–Crippen MR) is 157 cm³/mol. The first-order valence-electron chi connectivity index (χ1n) is 13.6. The third-order valence-electron chi connectivity index (χ3n) is 7.47. The lowest BCUT2D eigenvalue weighted by Crippen LogP contribution is -2.34. The van der Waals surface area contributed by atoms with E-state index in [1.807, 2.05) is 42.5 Å². The average Bonchev–Trinajstić information content (AvgIpc) is 3.00. The summed E-state index contributed by atoms with van der Waals surface area (Å²) < 4.78 is 30.0. The van der Waals surface area contributed by atoms with Crippen molar-refractivity contribution in [2.45, 2.75) is 32.1 Å². The first-order chi connectivity index (χ1) is 19.6. The summed E-state index contributed by atoms with van der Waals surface area (Å²) in [6.07, 6.45) is 1.68. The van der Waals surface area contributed by atoms with Gasteiger partial charge in [0, 0.05) is 18.2 Å². The summed E-state index contributed by atoms with van der Waals surface area (Å²) in [5.41, 5.74) is 5.70. The van der Waals surface area contributed by atoms with Crippen LogP contribution in [0.1, 0.15) is 33.9 Å². The van der Waals surface area contributed by atoms with Gasteiger partial charge < -0.3 is 23.7 Å². The molecule has 0 N–H and O–H groups in total. The number of rotatable bonds is 11. The van der Waals surface area contributed by atoms with Crippen molar-refractivity contribution in [2.24, 2.45) is 0 Å². The summed E-state index contributed by atoms with van der Waals surface area (Å²) in [6.45, 7) is 1.83. The summed E-state index contributed by atoms with van der Waals surface area (Å²) >= 11 is 0. The van der Waals surface area contributed by atoms with Crippen molar-refractivity contribution in [3.8, 4) is 28.7 Å². The summed E-state index contributed by atoms with van der Waals surface area (Å²) in [4.78, 5) is 2.38. The number of nitrogens with zero attached hydrogens (tertiary/aromatic N) is 1. The van der Waals surface area contributed by atoms with Crippen molar-refractivity contribution in [3.05, 3.63) is 113 Å². The van der Waals surface area contributed by atoms with Crippen LogP contribution in [0.15, 0.2) is 84.9 Å². The highest BCUT2D eigenvalue weighted by Crippen LogP contribution is 2.48. The molecule has 6 nitrogen and oxygen atoms in total. The summed E-state index contributed by atoms with van der Waals surface area (Å²) in [7, 11) is 7.22. The van der Waals surface area contributed by atoms with Crippen molar-refractivity contribution < 1.29 is 23.7 Å². The quantitative estimate of drug-likeness (QED) is 0.213. The number of hydrogen-bond donors (Lipinski definition) is 0. The minimum Gasteiger partial charge on any atom is -0.493 e. The highest BCUT2D eigenvalue weighted by Gasteiger charge is 2.32. The Morgan fingerprint density at radius 2 is 1.30 bits per heavy atom. The molecule has 0 aromatic heterocycles. The number of hydrogen-bond acceptors (Lipinski definition) is 6. The van der Waals surface area contributed by atoms with Crippen molar-refractivity contribution in [2.75, 3.05) is 34.9 Å². The third kappa shape index (κ3) is 6.02. The molecule has 1 atom stereocenters. The molecule has 0 fully saturated rings. The molecular weight excluding hydrogens is 502 g/mol. The maximum Gasteiger partial charge on any atom is 0.204 e. The zero-order chi connectivity index (χ0) is 27.9. The van der Waals surface area contributed by atoms with Gasteiger partial charge in [-0.05, 0) is 60.3 Å². The van der Waals surface area contributed by atoms with Crippen LogP contribution in [0.2, 0.25) is 0 Å². The Hall–Kier alpha value is -4.16. The molecule has 0 saturated heterocycles. The summed E-state index contributed by atoms with van der Waals surface area (Å²) in [5, 5.41) is 0. The average molecular weight is 540 g/mol. The molecule has 208 valence electrons. The second kappa shape index (κ2) is 12.8. The van der Waals surface area contributed by atoms with E-state index in [9.17, 15) is 0 Å². The summed E-state index contributed by atoms with van der Waals surface area (Å²) in [6, 6.07) is 28.7. The van der Waals surface area contributed by atoms with Crippen LogP contribution in [-0.4, -0.2) is 39.8 Å². The van der Waals surface area contributed by atoms with Gasteiger partial charge in [-0.2, -0.15) is 0 Å². The molecule has 0 radical (unpaired) electrons. The molecule has 0 aliphatic carbocycles. The molecular formula is C34H37NO5. The van der Waals surface area contributed by atoms with Gasteiger partial charge in [0.1, 0.15) is 13.2 Å². The highest BCUT2D eigenvalue weighted by atomic mass is 16.5. The van der Waals surface area contributed by atoms with Gasteiger partial charge in [0.15, 0.2) is 23.0 Å². The fourth-order valence-corrected chi connectivity index (χ4v) is 5.32. The third-order valence-corrected chi connectivity index (χ3v) is 7.47. The second-order valence-electron chi connectivity index (χ2n) is 10.00. The van der Waals surface area contributed by atoms with E-state index in [1.165, 1.54) is 5.56 Å². The maximum absolute atomic E-state index is 6.35. The molecule has 1 aliphatic rings. The monoisotopic (exact) mass is 539 g/mol. The zero-order valence-corrected chi connectivity index (χ0v) is 23.7.